The standard InChI is InChI=1S/C14H23N/c1-7-11(3)12(4)9-13(5)14(6)10-15-8-2/h8-11H,2,7H2,1,3-6H3/b12-9+,14-13+,15-10?. The Kier molecular flexibility index (Phi) is 6.68. The Morgan fingerprint density at radius 3 is 2.33 bits per heavy atom. The predicted molar refractivity (Wildman–Crippen MR) is 70.3 cm³/mol. The highest BCUT2D eigenvalue weighted by molar-refractivity contribution is 5.79. The maximum Gasteiger partial charge on any atom is 0.0299 e. The van der Waals surface area contributed by atoms with E-state index in [0.29, 0.717) is 5.92 Å². The van der Waals surface area contributed by atoms with Crippen molar-refractivity contribution in [3.8, 4) is 0 Å². The minimum absolute atomic E-state index is 0.657. The highest BCUT2D eigenvalue weighted by Gasteiger charge is 2.01. The molecule has 0 N–H and O–H groups in total. The van der Waals surface area contributed by atoms with E-state index in [-0.39, 0.29) is 0 Å². The quantitative estimate of drug-likeness (QED) is 0.462. The third-order valence-corrected chi connectivity index (χ3v) is 2.83. The molecule has 15 heavy (non-hydrogen) atoms. The molecule has 1 nitrogen and oxygen atoms in total. The summed E-state index contributed by atoms with van der Waals surface area (Å²) in [6.07, 6.45) is 6.85. The second-order valence-electron chi connectivity index (χ2n) is 4.02. The summed E-state index contributed by atoms with van der Waals surface area (Å²) in [4.78, 5) is 4.02. The first-order chi connectivity index (χ1) is 7.02. The molecule has 0 spiro atoms. The van der Waals surface area contributed by atoms with Crippen LogP contribution >= 0.6 is 0 Å². The zero-order valence-corrected chi connectivity index (χ0v) is 10.7. The largest absolute Gasteiger partial charge is 0.265 e. The van der Waals surface area contributed by atoms with Crippen LogP contribution in [0.3, 0.4) is 0 Å². The van der Waals surface area contributed by atoms with Crippen molar-refractivity contribution in [3.63, 3.8) is 0 Å². The van der Waals surface area contributed by atoms with E-state index in [1.165, 1.54) is 23.1 Å². The first-order valence-corrected chi connectivity index (χ1v) is 5.52. The van der Waals surface area contributed by atoms with E-state index in [0.717, 1.165) is 0 Å². The average molecular weight is 205 g/mol. The lowest BCUT2D eigenvalue weighted by Gasteiger charge is -2.09. The fourth-order valence-electron chi connectivity index (χ4n) is 1.19. The van der Waals surface area contributed by atoms with Gasteiger partial charge in [0.05, 0.1) is 0 Å². The number of hydrogen-bond acceptors (Lipinski definition) is 1. The minimum atomic E-state index is 0.657. The number of allylic oxidation sites excluding steroid dienone is 4. The molecule has 1 unspecified atom stereocenters. The molecule has 0 saturated carbocycles. The molecular weight excluding hydrogens is 182 g/mol. The summed E-state index contributed by atoms with van der Waals surface area (Å²) >= 11 is 0. The van der Waals surface area contributed by atoms with Crippen molar-refractivity contribution in [1.82, 2.24) is 0 Å². The van der Waals surface area contributed by atoms with Crippen molar-refractivity contribution in [2.75, 3.05) is 0 Å². The fraction of sp³-hybridized carbons (Fsp3) is 0.500. The molecule has 0 amide bonds. The van der Waals surface area contributed by atoms with E-state index in [1.807, 2.05) is 6.21 Å². The lowest BCUT2D eigenvalue weighted by atomic mass is 9.97. The summed E-state index contributed by atoms with van der Waals surface area (Å²) in [5.41, 5.74) is 3.90. The van der Waals surface area contributed by atoms with Crippen molar-refractivity contribution < 1.29 is 0 Å². The summed E-state index contributed by atoms with van der Waals surface area (Å²) in [5.74, 6) is 0.657. The van der Waals surface area contributed by atoms with Gasteiger partial charge >= 0.3 is 0 Å². The maximum atomic E-state index is 4.02. The Labute approximate surface area is 94.3 Å². The molecule has 0 fully saturated rings. The van der Waals surface area contributed by atoms with Crippen LogP contribution in [0, 0.1) is 5.92 Å². The zero-order valence-electron chi connectivity index (χ0n) is 10.7. The van der Waals surface area contributed by atoms with Gasteiger partial charge in [-0.2, -0.15) is 0 Å². The van der Waals surface area contributed by atoms with E-state index >= 15 is 0 Å². The fourth-order valence-corrected chi connectivity index (χ4v) is 1.19. The van der Waals surface area contributed by atoms with E-state index in [1.54, 1.807) is 6.20 Å². The van der Waals surface area contributed by atoms with Crippen molar-refractivity contribution >= 4 is 6.21 Å². The van der Waals surface area contributed by atoms with E-state index in [9.17, 15) is 0 Å². The number of aliphatic imine (C=N–C) groups is 1. The predicted octanol–water partition coefficient (Wildman–Crippen LogP) is 4.53. The third kappa shape index (κ3) is 5.36. The normalized spacial score (nSPS) is 16.5. The highest BCUT2D eigenvalue weighted by atomic mass is 14.7. The van der Waals surface area contributed by atoms with Gasteiger partial charge in [0.25, 0.3) is 0 Å². The van der Waals surface area contributed by atoms with Crippen LogP contribution in [0.5, 0.6) is 0 Å². The van der Waals surface area contributed by atoms with Gasteiger partial charge in [0.1, 0.15) is 0 Å². The third-order valence-electron chi connectivity index (χ3n) is 2.83. The molecule has 0 aromatic carbocycles. The molecule has 0 aromatic rings. The highest BCUT2D eigenvalue weighted by Crippen LogP contribution is 2.16. The Morgan fingerprint density at radius 1 is 1.27 bits per heavy atom. The molecule has 0 aliphatic rings. The molecule has 1 atom stereocenters. The van der Waals surface area contributed by atoms with E-state index in [2.05, 4.69) is 52.3 Å². The first kappa shape index (κ1) is 13.9. The molecule has 0 saturated heterocycles. The van der Waals surface area contributed by atoms with Crippen LogP contribution in [-0.4, -0.2) is 6.21 Å². The number of rotatable bonds is 5. The van der Waals surface area contributed by atoms with Crippen molar-refractivity contribution in [3.05, 3.63) is 35.6 Å². The van der Waals surface area contributed by atoms with Gasteiger partial charge in [-0.15, -0.1) is 0 Å². The lowest BCUT2D eigenvalue weighted by molar-refractivity contribution is 0.655. The van der Waals surface area contributed by atoms with Crippen LogP contribution in [0.2, 0.25) is 0 Å². The van der Waals surface area contributed by atoms with Gasteiger partial charge in [-0.25, -0.2) is 0 Å². The smallest absolute Gasteiger partial charge is 0.0299 e. The van der Waals surface area contributed by atoms with Gasteiger partial charge < -0.3 is 0 Å². The van der Waals surface area contributed by atoms with Gasteiger partial charge in [0, 0.05) is 12.4 Å². The average Bonchev–Trinajstić information content (AvgIpc) is 2.24. The summed E-state index contributed by atoms with van der Waals surface area (Å²) in [6.45, 7) is 14.4. The van der Waals surface area contributed by atoms with Crippen LogP contribution in [0.15, 0.2) is 40.6 Å². The minimum Gasteiger partial charge on any atom is -0.265 e. The van der Waals surface area contributed by atoms with Gasteiger partial charge in [-0.3, -0.25) is 4.99 Å². The molecule has 84 valence electrons. The van der Waals surface area contributed by atoms with Crippen molar-refractivity contribution in [2.45, 2.75) is 41.0 Å². The molecule has 0 bridgehead atoms. The summed E-state index contributed by atoms with van der Waals surface area (Å²) in [5, 5.41) is 0. The van der Waals surface area contributed by atoms with Gasteiger partial charge in [0.15, 0.2) is 0 Å². The van der Waals surface area contributed by atoms with Gasteiger partial charge in [0.2, 0.25) is 0 Å². The number of nitrogens with zero attached hydrogens (tertiary/aromatic N) is 1. The summed E-state index contributed by atoms with van der Waals surface area (Å²) < 4.78 is 0. The molecule has 0 rings (SSSR count). The molecule has 0 aliphatic heterocycles. The topological polar surface area (TPSA) is 12.4 Å². The van der Waals surface area contributed by atoms with Gasteiger partial charge in [-0.05, 0) is 44.3 Å². The Hall–Kier alpha value is -1.11. The Balaban J connectivity index is 4.77. The monoisotopic (exact) mass is 205 g/mol. The van der Waals surface area contributed by atoms with Crippen LogP contribution in [0.25, 0.3) is 0 Å². The SMILES string of the molecule is C=CN=C/C(C)=C(C)/C=C(\C)C(C)CC. The van der Waals surface area contributed by atoms with E-state index in [4.69, 9.17) is 0 Å². The maximum absolute atomic E-state index is 4.02. The van der Waals surface area contributed by atoms with Crippen LogP contribution in [0.4, 0.5) is 0 Å². The Morgan fingerprint density at radius 2 is 1.87 bits per heavy atom. The second-order valence-corrected chi connectivity index (χ2v) is 4.02. The van der Waals surface area contributed by atoms with E-state index < -0.39 is 0 Å². The second kappa shape index (κ2) is 7.22. The molecule has 0 radical (unpaired) electrons. The van der Waals surface area contributed by atoms with Crippen LogP contribution < -0.4 is 0 Å². The van der Waals surface area contributed by atoms with Crippen LogP contribution in [0.1, 0.15) is 41.0 Å². The first-order valence-electron chi connectivity index (χ1n) is 5.52. The number of hydrogen-bond donors (Lipinski definition) is 0. The Bertz CT molecular complexity index is 292. The molecule has 0 aromatic heterocycles. The lowest BCUT2D eigenvalue weighted by Crippen LogP contribution is -1.94. The summed E-state index contributed by atoms with van der Waals surface area (Å²) in [7, 11) is 0. The molecule has 0 aliphatic carbocycles. The van der Waals surface area contributed by atoms with Gasteiger partial charge in [-0.1, -0.05) is 32.1 Å². The molecule has 0 heterocycles. The summed E-state index contributed by atoms with van der Waals surface area (Å²) in [6, 6.07) is 0. The molecule has 1 heteroatoms. The van der Waals surface area contributed by atoms with Crippen LogP contribution in [-0.2, 0) is 0 Å². The zero-order chi connectivity index (χ0) is 11.8. The molecular formula is C14H23N. The van der Waals surface area contributed by atoms with Crippen molar-refractivity contribution in [1.29, 1.82) is 0 Å². The van der Waals surface area contributed by atoms with Crippen molar-refractivity contribution in [2.24, 2.45) is 10.9 Å².